The summed E-state index contributed by atoms with van der Waals surface area (Å²) in [6.07, 6.45) is 5.15. The SMILES string of the molecule is CCOC(=O)C1CCCC2Cc3c(ccc(OC)c3OC)CC21. The maximum absolute atomic E-state index is 12.3. The highest BCUT2D eigenvalue weighted by atomic mass is 16.5. The Morgan fingerprint density at radius 1 is 1.17 bits per heavy atom. The van der Waals surface area contributed by atoms with E-state index < -0.39 is 0 Å². The molecule has 0 heterocycles. The van der Waals surface area contributed by atoms with Gasteiger partial charge in [0.05, 0.1) is 26.7 Å². The number of benzene rings is 1. The zero-order valence-corrected chi connectivity index (χ0v) is 14.3. The zero-order chi connectivity index (χ0) is 16.4. The molecule has 1 saturated carbocycles. The van der Waals surface area contributed by atoms with Crippen LogP contribution >= 0.6 is 0 Å². The molecule has 23 heavy (non-hydrogen) atoms. The van der Waals surface area contributed by atoms with Gasteiger partial charge in [-0.25, -0.2) is 0 Å². The van der Waals surface area contributed by atoms with Crippen LogP contribution < -0.4 is 9.47 Å². The van der Waals surface area contributed by atoms with Crippen LogP contribution in [0.5, 0.6) is 11.5 Å². The molecule has 0 radical (unpaired) electrons. The first-order valence-electron chi connectivity index (χ1n) is 8.58. The average Bonchev–Trinajstić information content (AvgIpc) is 2.58. The molecule has 1 aromatic rings. The standard InChI is InChI=1S/C19H26O4/c1-4-23-19(20)14-7-5-6-12-11-16-13(10-15(12)14)8-9-17(21-2)18(16)22-3/h8-9,12,14-15H,4-7,10-11H2,1-3H3. The molecule has 126 valence electrons. The lowest BCUT2D eigenvalue weighted by molar-refractivity contribution is -0.152. The lowest BCUT2D eigenvalue weighted by Crippen LogP contribution is -2.39. The molecule has 0 amide bonds. The summed E-state index contributed by atoms with van der Waals surface area (Å²) in [5.41, 5.74) is 2.55. The van der Waals surface area contributed by atoms with E-state index in [0.29, 0.717) is 18.4 Å². The van der Waals surface area contributed by atoms with Crippen LogP contribution in [0.25, 0.3) is 0 Å². The minimum Gasteiger partial charge on any atom is -0.493 e. The average molecular weight is 318 g/mol. The van der Waals surface area contributed by atoms with Gasteiger partial charge in [0.2, 0.25) is 0 Å². The lowest BCUT2D eigenvalue weighted by Gasteiger charge is -2.41. The van der Waals surface area contributed by atoms with Gasteiger partial charge in [0.1, 0.15) is 0 Å². The van der Waals surface area contributed by atoms with Gasteiger partial charge in [-0.1, -0.05) is 12.5 Å². The summed E-state index contributed by atoms with van der Waals surface area (Å²) in [5.74, 6) is 2.63. The Morgan fingerprint density at radius 3 is 2.70 bits per heavy atom. The van der Waals surface area contributed by atoms with Gasteiger partial charge in [-0.05, 0) is 56.1 Å². The molecule has 0 bridgehead atoms. The number of esters is 1. The van der Waals surface area contributed by atoms with Crippen molar-refractivity contribution < 1.29 is 19.0 Å². The molecule has 2 aliphatic rings. The van der Waals surface area contributed by atoms with Gasteiger partial charge in [0.15, 0.2) is 11.5 Å². The van der Waals surface area contributed by atoms with Gasteiger partial charge in [-0.3, -0.25) is 4.79 Å². The lowest BCUT2D eigenvalue weighted by atomic mass is 9.64. The third-order valence-corrected chi connectivity index (χ3v) is 5.47. The van der Waals surface area contributed by atoms with E-state index >= 15 is 0 Å². The Labute approximate surface area is 138 Å². The highest BCUT2D eigenvalue weighted by Gasteiger charge is 2.41. The first-order valence-corrected chi connectivity index (χ1v) is 8.58. The number of ether oxygens (including phenoxy) is 3. The molecule has 3 unspecified atom stereocenters. The van der Waals surface area contributed by atoms with Gasteiger partial charge >= 0.3 is 5.97 Å². The van der Waals surface area contributed by atoms with Crippen LogP contribution in [0.2, 0.25) is 0 Å². The Bertz CT molecular complexity index is 581. The van der Waals surface area contributed by atoms with Crippen LogP contribution in [0.3, 0.4) is 0 Å². The molecule has 3 atom stereocenters. The maximum Gasteiger partial charge on any atom is 0.309 e. The van der Waals surface area contributed by atoms with Crippen LogP contribution in [-0.4, -0.2) is 26.8 Å². The largest absolute Gasteiger partial charge is 0.493 e. The van der Waals surface area contributed by atoms with Crippen molar-refractivity contribution in [1.29, 1.82) is 0 Å². The summed E-state index contributed by atoms with van der Waals surface area (Å²) in [7, 11) is 3.37. The third kappa shape index (κ3) is 2.91. The monoisotopic (exact) mass is 318 g/mol. The number of fused-ring (bicyclic) bond motifs is 2. The number of carbonyl (C=O) groups excluding carboxylic acids is 1. The summed E-state index contributed by atoms with van der Waals surface area (Å²) < 4.78 is 16.4. The summed E-state index contributed by atoms with van der Waals surface area (Å²) >= 11 is 0. The second-order valence-corrected chi connectivity index (χ2v) is 6.56. The predicted molar refractivity (Wildman–Crippen MR) is 87.9 cm³/mol. The van der Waals surface area contributed by atoms with Gasteiger partial charge in [0.25, 0.3) is 0 Å². The fraction of sp³-hybridized carbons (Fsp3) is 0.632. The minimum absolute atomic E-state index is 0.00822. The molecule has 0 aromatic heterocycles. The van der Waals surface area contributed by atoms with E-state index in [9.17, 15) is 4.79 Å². The van der Waals surface area contributed by atoms with Gasteiger partial charge in [0, 0.05) is 5.56 Å². The molecule has 0 saturated heterocycles. The third-order valence-electron chi connectivity index (χ3n) is 5.47. The molecule has 2 aliphatic carbocycles. The fourth-order valence-electron chi connectivity index (χ4n) is 4.42. The van der Waals surface area contributed by atoms with E-state index in [-0.39, 0.29) is 11.9 Å². The molecule has 1 aromatic carbocycles. The molecular weight excluding hydrogens is 292 g/mol. The maximum atomic E-state index is 12.3. The summed E-state index contributed by atoms with van der Waals surface area (Å²) in [6, 6.07) is 4.10. The van der Waals surface area contributed by atoms with E-state index in [4.69, 9.17) is 14.2 Å². The van der Waals surface area contributed by atoms with E-state index in [0.717, 1.165) is 37.2 Å². The number of rotatable bonds is 4. The quantitative estimate of drug-likeness (QED) is 0.798. The molecule has 3 rings (SSSR count). The molecule has 0 N–H and O–H groups in total. The molecule has 0 aliphatic heterocycles. The molecule has 0 spiro atoms. The molecule has 1 fully saturated rings. The topological polar surface area (TPSA) is 44.8 Å². The Balaban J connectivity index is 1.91. The molecule has 4 heteroatoms. The highest BCUT2D eigenvalue weighted by molar-refractivity contribution is 5.73. The van der Waals surface area contributed by atoms with E-state index in [1.165, 1.54) is 17.5 Å². The van der Waals surface area contributed by atoms with Crippen molar-refractivity contribution in [1.82, 2.24) is 0 Å². The van der Waals surface area contributed by atoms with Crippen molar-refractivity contribution in [2.24, 2.45) is 17.8 Å². The first-order chi connectivity index (χ1) is 11.2. The predicted octanol–water partition coefficient (Wildman–Crippen LogP) is 3.40. The Hall–Kier alpha value is -1.71. The van der Waals surface area contributed by atoms with Crippen molar-refractivity contribution in [3.05, 3.63) is 23.3 Å². The molecular formula is C19H26O4. The van der Waals surface area contributed by atoms with Gasteiger partial charge in [-0.2, -0.15) is 0 Å². The number of hydrogen-bond acceptors (Lipinski definition) is 4. The van der Waals surface area contributed by atoms with Crippen molar-refractivity contribution in [3.63, 3.8) is 0 Å². The van der Waals surface area contributed by atoms with Gasteiger partial charge < -0.3 is 14.2 Å². The van der Waals surface area contributed by atoms with Crippen molar-refractivity contribution >= 4 is 5.97 Å². The van der Waals surface area contributed by atoms with E-state index in [2.05, 4.69) is 6.07 Å². The second-order valence-electron chi connectivity index (χ2n) is 6.56. The normalized spacial score (nSPS) is 26.0. The van der Waals surface area contributed by atoms with Crippen molar-refractivity contribution in [2.45, 2.75) is 39.0 Å². The van der Waals surface area contributed by atoms with Crippen LogP contribution in [0, 0.1) is 17.8 Å². The Kier molecular flexibility index (Phi) is 4.79. The van der Waals surface area contributed by atoms with Crippen molar-refractivity contribution in [3.8, 4) is 11.5 Å². The van der Waals surface area contributed by atoms with Crippen LogP contribution in [-0.2, 0) is 22.4 Å². The fourth-order valence-corrected chi connectivity index (χ4v) is 4.42. The van der Waals surface area contributed by atoms with E-state index in [1.807, 2.05) is 13.0 Å². The smallest absolute Gasteiger partial charge is 0.309 e. The van der Waals surface area contributed by atoms with Crippen molar-refractivity contribution in [2.75, 3.05) is 20.8 Å². The molecule has 4 nitrogen and oxygen atoms in total. The highest BCUT2D eigenvalue weighted by Crippen LogP contribution is 2.47. The van der Waals surface area contributed by atoms with Crippen LogP contribution in [0.15, 0.2) is 12.1 Å². The zero-order valence-electron chi connectivity index (χ0n) is 14.3. The first kappa shape index (κ1) is 16.2. The number of hydrogen-bond donors (Lipinski definition) is 0. The van der Waals surface area contributed by atoms with Gasteiger partial charge in [-0.15, -0.1) is 0 Å². The van der Waals surface area contributed by atoms with Crippen LogP contribution in [0.1, 0.15) is 37.3 Å². The number of carbonyl (C=O) groups is 1. The summed E-state index contributed by atoms with van der Waals surface area (Å²) in [5, 5.41) is 0. The minimum atomic E-state index is -0.00822. The summed E-state index contributed by atoms with van der Waals surface area (Å²) in [4.78, 5) is 12.3. The Morgan fingerprint density at radius 2 is 2.00 bits per heavy atom. The summed E-state index contributed by atoms with van der Waals surface area (Å²) in [6.45, 7) is 2.35. The van der Waals surface area contributed by atoms with Crippen LogP contribution in [0.4, 0.5) is 0 Å². The second kappa shape index (κ2) is 6.81. The number of methoxy groups -OCH3 is 2. The van der Waals surface area contributed by atoms with E-state index in [1.54, 1.807) is 14.2 Å².